The van der Waals surface area contributed by atoms with Gasteiger partial charge in [0, 0.05) is 55.8 Å². The van der Waals surface area contributed by atoms with E-state index in [1.165, 1.54) is 6.26 Å². The number of hydrogen-bond donors (Lipinski definition) is 1. The van der Waals surface area contributed by atoms with E-state index in [-0.39, 0.29) is 17.2 Å². The molecule has 2 unspecified atom stereocenters. The fourth-order valence-corrected chi connectivity index (χ4v) is 5.73. The number of carbonyl (C=O) groups excluding carboxylic acids is 1. The number of hydrogen-bond acceptors (Lipinski definition) is 4. The van der Waals surface area contributed by atoms with Crippen LogP contribution >= 0.6 is 0 Å². The Balaban J connectivity index is 1.50. The summed E-state index contributed by atoms with van der Waals surface area (Å²) < 4.78 is 31.1. The number of methoxy groups -OCH3 is 1. The monoisotopic (exact) mass is 405 g/mol. The zero-order chi connectivity index (χ0) is 19.9. The molecule has 1 amide bonds. The zero-order valence-corrected chi connectivity index (χ0v) is 17.2. The first kappa shape index (κ1) is 19.4. The van der Waals surface area contributed by atoms with Gasteiger partial charge in [0.15, 0.2) is 0 Å². The number of H-pyrrole nitrogens is 1. The maximum atomic E-state index is 13.0. The molecule has 28 heavy (non-hydrogen) atoms. The lowest BCUT2D eigenvalue weighted by Crippen LogP contribution is -2.51. The number of sulfonamides is 1. The molecule has 152 valence electrons. The summed E-state index contributed by atoms with van der Waals surface area (Å²) in [5, 5.41) is 1.07. The number of aromatic amines is 1. The van der Waals surface area contributed by atoms with Crippen LogP contribution in [0.5, 0.6) is 0 Å². The first-order valence-corrected chi connectivity index (χ1v) is 11.4. The smallest absolute Gasteiger partial charge is 0.227 e. The highest BCUT2D eigenvalue weighted by Gasteiger charge is 2.52. The van der Waals surface area contributed by atoms with Crippen molar-refractivity contribution in [3.8, 4) is 0 Å². The van der Waals surface area contributed by atoms with Gasteiger partial charge in [-0.15, -0.1) is 0 Å². The van der Waals surface area contributed by atoms with Gasteiger partial charge in [-0.3, -0.25) is 4.79 Å². The number of rotatable bonds is 5. The predicted molar refractivity (Wildman–Crippen MR) is 107 cm³/mol. The summed E-state index contributed by atoms with van der Waals surface area (Å²) in [5.41, 5.74) is 1.83. The third kappa shape index (κ3) is 3.44. The number of nitrogens with one attached hydrogen (secondary N) is 1. The third-order valence-corrected chi connectivity index (χ3v) is 7.59. The van der Waals surface area contributed by atoms with Crippen molar-refractivity contribution >= 4 is 26.8 Å². The van der Waals surface area contributed by atoms with Gasteiger partial charge in [0.2, 0.25) is 15.9 Å². The second-order valence-corrected chi connectivity index (χ2v) is 10.2. The quantitative estimate of drug-likeness (QED) is 0.817. The van der Waals surface area contributed by atoms with Crippen LogP contribution in [-0.2, 0) is 26.0 Å². The number of benzene rings is 1. The summed E-state index contributed by atoms with van der Waals surface area (Å²) >= 11 is 0. The standard InChI is InChI=1S/C20H27N3O4S/c1-27-14-20-7-8-22(11-16(20)12-23(13-20)28(2,25)26)19(24)9-15-10-21-18-6-4-3-5-17(15)18/h3-6,10,16,21H,7-9,11-14H2,1-2H3. The normalized spacial score (nSPS) is 25.9. The van der Waals surface area contributed by atoms with Crippen LogP contribution in [0.1, 0.15) is 12.0 Å². The number of aromatic nitrogens is 1. The van der Waals surface area contributed by atoms with E-state index in [2.05, 4.69) is 4.98 Å². The van der Waals surface area contributed by atoms with Crippen molar-refractivity contribution in [3.63, 3.8) is 0 Å². The van der Waals surface area contributed by atoms with Crippen LogP contribution in [0.4, 0.5) is 0 Å². The van der Waals surface area contributed by atoms with Crippen LogP contribution in [-0.4, -0.2) is 74.7 Å². The van der Waals surface area contributed by atoms with E-state index in [1.807, 2.05) is 35.4 Å². The molecule has 0 aliphatic carbocycles. The van der Waals surface area contributed by atoms with Crippen molar-refractivity contribution in [2.24, 2.45) is 11.3 Å². The minimum Gasteiger partial charge on any atom is -0.384 e. The molecule has 7 nitrogen and oxygen atoms in total. The van der Waals surface area contributed by atoms with Gasteiger partial charge in [0.25, 0.3) is 0 Å². The number of fused-ring (bicyclic) bond motifs is 2. The van der Waals surface area contributed by atoms with Crippen LogP contribution in [0, 0.1) is 11.3 Å². The van der Waals surface area contributed by atoms with E-state index in [0.29, 0.717) is 39.2 Å². The average Bonchev–Trinajstić information content (AvgIpc) is 3.23. The SMILES string of the molecule is COCC12CCN(C(=O)Cc3c[nH]c4ccccc34)CC1CN(S(C)(=O)=O)C2. The van der Waals surface area contributed by atoms with Gasteiger partial charge in [-0.1, -0.05) is 18.2 Å². The van der Waals surface area contributed by atoms with Gasteiger partial charge in [-0.25, -0.2) is 12.7 Å². The maximum Gasteiger partial charge on any atom is 0.227 e. The first-order valence-electron chi connectivity index (χ1n) is 9.59. The molecule has 0 bridgehead atoms. The number of carbonyl (C=O) groups is 1. The largest absolute Gasteiger partial charge is 0.384 e. The Kier molecular flexibility index (Phi) is 4.97. The molecule has 0 radical (unpaired) electrons. The van der Waals surface area contributed by atoms with Crippen molar-refractivity contribution in [2.75, 3.05) is 46.2 Å². The summed E-state index contributed by atoms with van der Waals surface area (Å²) in [6.07, 6.45) is 4.27. The van der Waals surface area contributed by atoms with Gasteiger partial charge in [0.05, 0.1) is 19.3 Å². The molecule has 2 aliphatic heterocycles. The highest BCUT2D eigenvalue weighted by molar-refractivity contribution is 7.88. The fourth-order valence-electron chi connectivity index (χ4n) is 4.79. The Labute approximate surface area is 165 Å². The van der Waals surface area contributed by atoms with Crippen LogP contribution in [0.15, 0.2) is 30.5 Å². The number of amides is 1. The Morgan fingerprint density at radius 1 is 1.32 bits per heavy atom. The minimum atomic E-state index is -3.25. The summed E-state index contributed by atoms with van der Waals surface area (Å²) in [5.74, 6) is 0.191. The van der Waals surface area contributed by atoms with E-state index in [4.69, 9.17) is 4.74 Å². The van der Waals surface area contributed by atoms with E-state index >= 15 is 0 Å². The molecule has 8 heteroatoms. The topological polar surface area (TPSA) is 82.7 Å². The number of nitrogens with zero attached hydrogens (tertiary/aromatic N) is 2. The second kappa shape index (κ2) is 7.17. The molecule has 2 atom stereocenters. The highest BCUT2D eigenvalue weighted by atomic mass is 32.2. The van der Waals surface area contributed by atoms with Crippen LogP contribution in [0.25, 0.3) is 10.9 Å². The van der Waals surface area contributed by atoms with Crippen LogP contribution < -0.4 is 0 Å². The molecule has 2 fully saturated rings. The maximum absolute atomic E-state index is 13.0. The molecule has 2 aromatic rings. The van der Waals surface area contributed by atoms with Crippen LogP contribution in [0.3, 0.4) is 0 Å². The molecular formula is C20H27N3O4S. The Bertz CT molecular complexity index is 986. The lowest BCUT2D eigenvalue weighted by atomic mass is 9.73. The van der Waals surface area contributed by atoms with E-state index in [0.717, 1.165) is 22.9 Å². The molecule has 3 heterocycles. The minimum absolute atomic E-state index is 0.0913. The molecule has 4 rings (SSSR count). The first-order chi connectivity index (χ1) is 13.3. The summed E-state index contributed by atoms with van der Waals surface area (Å²) in [4.78, 5) is 18.1. The highest BCUT2D eigenvalue weighted by Crippen LogP contribution is 2.44. The number of ether oxygens (including phenoxy) is 1. The Morgan fingerprint density at radius 3 is 2.86 bits per heavy atom. The molecular weight excluding hydrogens is 378 g/mol. The number of likely N-dealkylation sites (tertiary alicyclic amines) is 1. The van der Waals surface area contributed by atoms with Crippen LogP contribution in [0.2, 0.25) is 0 Å². The van der Waals surface area contributed by atoms with E-state index < -0.39 is 10.0 Å². The molecule has 2 saturated heterocycles. The summed E-state index contributed by atoms with van der Waals surface area (Å²) in [6.45, 7) is 2.68. The molecule has 2 aliphatic rings. The van der Waals surface area contributed by atoms with E-state index in [1.54, 1.807) is 11.4 Å². The van der Waals surface area contributed by atoms with Gasteiger partial charge in [-0.2, -0.15) is 0 Å². The van der Waals surface area contributed by atoms with Gasteiger partial charge in [0.1, 0.15) is 0 Å². The molecule has 1 aromatic carbocycles. The van der Waals surface area contributed by atoms with Crippen molar-refractivity contribution < 1.29 is 17.9 Å². The molecule has 0 spiro atoms. The molecule has 0 saturated carbocycles. The van der Waals surface area contributed by atoms with Gasteiger partial charge < -0.3 is 14.6 Å². The third-order valence-electron chi connectivity index (χ3n) is 6.37. The molecule has 1 aromatic heterocycles. The predicted octanol–water partition coefficient (Wildman–Crippen LogP) is 1.47. The summed E-state index contributed by atoms with van der Waals surface area (Å²) in [6, 6.07) is 7.97. The average molecular weight is 406 g/mol. The number of para-hydroxylation sites is 1. The van der Waals surface area contributed by atoms with Gasteiger partial charge >= 0.3 is 0 Å². The number of piperidine rings is 1. The summed E-state index contributed by atoms with van der Waals surface area (Å²) in [7, 11) is -1.59. The Hall–Kier alpha value is -1.90. The lowest BCUT2D eigenvalue weighted by Gasteiger charge is -2.43. The lowest BCUT2D eigenvalue weighted by molar-refractivity contribution is -0.134. The van der Waals surface area contributed by atoms with Crippen molar-refractivity contribution in [1.82, 2.24) is 14.2 Å². The fraction of sp³-hybridized carbons (Fsp3) is 0.550. The zero-order valence-electron chi connectivity index (χ0n) is 16.3. The van der Waals surface area contributed by atoms with Crippen molar-refractivity contribution in [3.05, 3.63) is 36.0 Å². The van der Waals surface area contributed by atoms with Crippen molar-refractivity contribution in [2.45, 2.75) is 12.8 Å². The molecule has 1 N–H and O–H groups in total. The van der Waals surface area contributed by atoms with Gasteiger partial charge in [-0.05, 0) is 24.0 Å². The Morgan fingerprint density at radius 2 is 2.11 bits per heavy atom. The second-order valence-electron chi connectivity index (χ2n) is 8.17. The van der Waals surface area contributed by atoms with Crippen molar-refractivity contribution in [1.29, 1.82) is 0 Å². The van der Waals surface area contributed by atoms with E-state index in [9.17, 15) is 13.2 Å².